The number of hydrogen-bond acceptors (Lipinski definition) is 6. The van der Waals surface area contributed by atoms with Crippen LogP contribution in [-0.4, -0.2) is 52.3 Å². The van der Waals surface area contributed by atoms with E-state index in [1.54, 1.807) is 38.7 Å². The highest BCUT2D eigenvalue weighted by atomic mass is 35.5. The molecule has 0 heterocycles. The average Bonchev–Trinajstić information content (AvgIpc) is 2.77. The van der Waals surface area contributed by atoms with Crippen molar-refractivity contribution in [1.82, 2.24) is 4.90 Å². The van der Waals surface area contributed by atoms with Crippen LogP contribution in [0.4, 0.5) is 4.79 Å². The van der Waals surface area contributed by atoms with Crippen LogP contribution in [0.2, 0.25) is 10.0 Å². The van der Waals surface area contributed by atoms with Crippen LogP contribution < -0.4 is 0 Å². The lowest BCUT2D eigenvalue weighted by molar-refractivity contribution is -0.175. The number of amides is 1. The lowest BCUT2D eigenvalue weighted by Gasteiger charge is -2.26. The van der Waals surface area contributed by atoms with E-state index in [9.17, 15) is 19.4 Å². The maximum absolute atomic E-state index is 12.9. The Bertz CT molecular complexity index is 923. The first kappa shape index (κ1) is 30.9. The number of hydrogen-bond donors (Lipinski definition) is 2. The number of halogens is 2. The zero-order valence-corrected chi connectivity index (χ0v) is 24.0. The van der Waals surface area contributed by atoms with Crippen molar-refractivity contribution < 1.29 is 28.8 Å². The van der Waals surface area contributed by atoms with Crippen molar-refractivity contribution in [3.05, 3.63) is 45.2 Å². The Hall–Kier alpha value is -1.37. The summed E-state index contributed by atoms with van der Waals surface area (Å²) in [6.45, 7) is 7.21. The number of carbonyl (C=O) groups is 2. The van der Waals surface area contributed by atoms with Gasteiger partial charge in [0.2, 0.25) is 6.29 Å². The molecule has 36 heavy (non-hydrogen) atoms. The van der Waals surface area contributed by atoms with Crippen LogP contribution in [0.15, 0.2) is 29.6 Å². The summed E-state index contributed by atoms with van der Waals surface area (Å²) in [5.74, 6) is 1.19. The summed E-state index contributed by atoms with van der Waals surface area (Å²) < 4.78 is 10.6. The minimum atomic E-state index is -3.19. The first-order valence-corrected chi connectivity index (χ1v) is 15.1. The molecule has 1 unspecified atom stereocenters. The number of esters is 1. The second-order valence-electron chi connectivity index (χ2n) is 10.3. The van der Waals surface area contributed by atoms with Crippen molar-refractivity contribution in [1.29, 1.82) is 0 Å². The highest BCUT2D eigenvalue weighted by Gasteiger charge is 2.32. The molecule has 0 saturated heterocycles. The molecule has 1 aromatic rings. The summed E-state index contributed by atoms with van der Waals surface area (Å²) in [6.07, 6.45) is 4.52. The van der Waals surface area contributed by atoms with E-state index in [1.165, 1.54) is 18.2 Å². The lowest BCUT2D eigenvalue weighted by atomic mass is 9.96. The van der Waals surface area contributed by atoms with Crippen LogP contribution in [0.25, 0.3) is 0 Å². The molecule has 7 nitrogen and oxygen atoms in total. The molecular formula is C26H39Cl2NO6P+. The Morgan fingerprint density at radius 1 is 1.08 bits per heavy atom. The van der Waals surface area contributed by atoms with Gasteiger partial charge in [-0.05, 0) is 76.1 Å². The molecule has 0 aliphatic heterocycles. The van der Waals surface area contributed by atoms with Crippen molar-refractivity contribution in [2.75, 3.05) is 19.3 Å². The van der Waals surface area contributed by atoms with Crippen molar-refractivity contribution in [3.63, 3.8) is 0 Å². The van der Waals surface area contributed by atoms with Crippen molar-refractivity contribution in [2.24, 2.45) is 5.41 Å². The highest BCUT2D eigenvalue weighted by molar-refractivity contribution is 7.67. The fourth-order valence-corrected chi connectivity index (χ4v) is 5.71. The number of carbonyl (C=O) groups excluding carboxylic acids is 2. The molecule has 1 aromatic carbocycles. The molecule has 1 aliphatic carbocycles. The van der Waals surface area contributed by atoms with Crippen LogP contribution in [0.1, 0.15) is 71.8 Å². The molecule has 0 radical (unpaired) electrons. The van der Waals surface area contributed by atoms with Gasteiger partial charge in [-0.2, -0.15) is 0 Å². The fraction of sp³-hybridized carbons (Fsp3) is 0.615. The first-order valence-electron chi connectivity index (χ1n) is 12.4. The maximum Gasteiger partial charge on any atom is 0.412 e. The van der Waals surface area contributed by atoms with Gasteiger partial charge in [0, 0.05) is 26.4 Å². The van der Waals surface area contributed by atoms with E-state index < -0.39 is 31.5 Å². The smallest absolute Gasteiger partial charge is 0.412 e. The Morgan fingerprint density at radius 2 is 1.75 bits per heavy atom. The fourth-order valence-electron chi connectivity index (χ4n) is 3.81. The second-order valence-corrected chi connectivity index (χ2v) is 13.4. The molecule has 0 bridgehead atoms. The third kappa shape index (κ3) is 10.9. The van der Waals surface area contributed by atoms with Gasteiger partial charge in [0.25, 0.3) is 7.72 Å². The molecule has 10 heteroatoms. The third-order valence-corrected chi connectivity index (χ3v) is 8.36. The Balaban J connectivity index is 2.01. The Kier molecular flexibility index (Phi) is 12.0. The van der Waals surface area contributed by atoms with Crippen molar-refractivity contribution >= 4 is 43.0 Å². The van der Waals surface area contributed by atoms with Gasteiger partial charge in [-0.15, -0.1) is 0 Å². The van der Waals surface area contributed by atoms with Crippen LogP contribution >= 0.6 is 30.9 Å². The molecule has 1 atom stereocenters. The quantitative estimate of drug-likeness (QED) is 0.181. The Labute approximate surface area is 225 Å². The van der Waals surface area contributed by atoms with Gasteiger partial charge in [0.05, 0.1) is 15.5 Å². The van der Waals surface area contributed by atoms with Gasteiger partial charge in [-0.3, -0.25) is 4.79 Å². The highest BCUT2D eigenvalue weighted by Crippen LogP contribution is 2.54. The van der Waals surface area contributed by atoms with Gasteiger partial charge >= 0.3 is 12.1 Å². The summed E-state index contributed by atoms with van der Waals surface area (Å²) in [7, 11) is -3.19. The standard InChI is InChI=1S/C26H39Cl2NO6P/c1-19(34-24(30)26(2,3)4)35-25(31)29(15-13-20-11-12-22(27)23(28)17-20)14-8-16-36(32,33)18-21-9-6-5-7-10-21/h11-12,17-19,32-33H,5-10,13-16H2,1-4H3/q+1. The predicted octanol–water partition coefficient (Wildman–Crippen LogP) is 6.98. The van der Waals surface area contributed by atoms with Gasteiger partial charge in [-0.1, -0.05) is 35.7 Å². The second kappa shape index (κ2) is 14.0. The monoisotopic (exact) mass is 562 g/mol. The van der Waals surface area contributed by atoms with Crippen molar-refractivity contribution in [2.45, 2.75) is 78.9 Å². The molecule has 2 rings (SSSR count). The Morgan fingerprint density at radius 3 is 2.36 bits per heavy atom. The van der Waals surface area contributed by atoms with E-state index in [2.05, 4.69) is 0 Å². The van der Waals surface area contributed by atoms with Gasteiger partial charge in [0.1, 0.15) is 12.0 Å². The summed E-state index contributed by atoms with van der Waals surface area (Å²) in [5.41, 5.74) is 1.28. The molecule has 1 amide bonds. The zero-order chi connectivity index (χ0) is 26.9. The maximum atomic E-state index is 12.9. The molecule has 202 valence electrons. The van der Waals surface area contributed by atoms with E-state index in [0.29, 0.717) is 29.4 Å². The SMILES string of the molecule is CC(OC(=O)N(CCC[P+](O)(O)C=C1CCCCC1)CCc1ccc(Cl)c(Cl)c1)OC(=O)C(C)(C)C. The van der Waals surface area contributed by atoms with Crippen molar-refractivity contribution in [3.8, 4) is 0 Å². The van der Waals surface area contributed by atoms with Crippen LogP contribution in [0.5, 0.6) is 0 Å². The van der Waals surface area contributed by atoms with Crippen LogP contribution in [0, 0.1) is 5.41 Å². The number of rotatable bonds is 10. The van der Waals surface area contributed by atoms with E-state index in [4.69, 9.17) is 32.7 Å². The third-order valence-electron chi connectivity index (χ3n) is 5.87. The molecule has 1 saturated carbocycles. The number of ether oxygens (including phenoxy) is 2. The molecule has 0 spiro atoms. The number of allylic oxidation sites excluding steroid dienone is 1. The zero-order valence-electron chi connectivity index (χ0n) is 21.6. The van der Waals surface area contributed by atoms with E-state index in [-0.39, 0.29) is 12.7 Å². The van der Waals surface area contributed by atoms with E-state index in [1.807, 2.05) is 6.07 Å². The number of benzene rings is 1. The van der Waals surface area contributed by atoms with E-state index >= 15 is 0 Å². The van der Waals surface area contributed by atoms with Gasteiger partial charge in [0.15, 0.2) is 0 Å². The predicted molar refractivity (Wildman–Crippen MR) is 145 cm³/mol. The molecule has 2 N–H and O–H groups in total. The minimum Gasteiger partial charge on any atom is -0.425 e. The van der Waals surface area contributed by atoms with Gasteiger partial charge < -0.3 is 14.4 Å². The van der Waals surface area contributed by atoms with Crippen LogP contribution in [-0.2, 0) is 20.7 Å². The summed E-state index contributed by atoms with van der Waals surface area (Å²) in [4.78, 5) is 47.7. The normalized spacial score (nSPS) is 15.3. The molecule has 1 fully saturated rings. The summed E-state index contributed by atoms with van der Waals surface area (Å²) in [5, 5.41) is 0.876. The topological polar surface area (TPSA) is 96.3 Å². The van der Waals surface area contributed by atoms with E-state index in [0.717, 1.165) is 36.8 Å². The molecule has 1 aliphatic rings. The minimum absolute atomic E-state index is 0.182. The molecule has 0 aromatic heterocycles. The molecular weight excluding hydrogens is 524 g/mol. The number of nitrogens with zero attached hydrogens (tertiary/aromatic N) is 1. The first-order chi connectivity index (χ1) is 16.8. The van der Waals surface area contributed by atoms with Crippen LogP contribution in [0.3, 0.4) is 0 Å². The lowest BCUT2D eigenvalue weighted by Crippen LogP contribution is -2.38. The largest absolute Gasteiger partial charge is 0.425 e. The van der Waals surface area contributed by atoms with Gasteiger partial charge in [-0.25, -0.2) is 14.6 Å². The summed E-state index contributed by atoms with van der Waals surface area (Å²) in [6, 6.07) is 5.28. The summed E-state index contributed by atoms with van der Waals surface area (Å²) >= 11 is 12.1. The average molecular weight is 563 g/mol.